The molecule has 0 aliphatic rings. The van der Waals surface area contributed by atoms with Gasteiger partial charge in [0.1, 0.15) is 5.69 Å². The number of nitrogen functional groups attached to an aromatic ring is 1. The minimum absolute atomic E-state index is 0.173. The zero-order valence-corrected chi connectivity index (χ0v) is 10.3. The molecule has 0 saturated carbocycles. The Morgan fingerprint density at radius 1 is 1.53 bits per heavy atom. The fraction of sp³-hybridized carbons (Fsp3) is 0.455. The molecule has 6 nitrogen and oxygen atoms in total. The van der Waals surface area contributed by atoms with Crippen molar-refractivity contribution in [2.75, 3.05) is 26.4 Å². The van der Waals surface area contributed by atoms with Crippen LogP contribution in [-0.4, -0.2) is 42.0 Å². The van der Waals surface area contributed by atoms with Crippen molar-refractivity contribution in [1.29, 1.82) is 0 Å². The Morgan fingerprint density at radius 2 is 2.18 bits per heavy atom. The van der Waals surface area contributed by atoms with Gasteiger partial charge in [0.2, 0.25) is 0 Å². The number of ether oxygens (including phenoxy) is 1. The molecule has 6 heteroatoms. The third kappa shape index (κ3) is 3.24. The summed E-state index contributed by atoms with van der Waals surface area (Å²) in [6, 6.07) is 1.61. The summed E-state index contributed by atoms with van der Waals surface area (Å²) < 4.78 is 6.17. The molecule has 0 saturated heterocycles. The second kappa shape index (κ2) is 5.38. The summed E-state index contributed by atoms with van der Waals surface area (Å²) in [4.78, 5) is 24.4. The summed E-state index contributed by atoms with van der Waals surface area (Å²) >= 11 is 0. The molecule has 0 radical (unpaired) electrons. The Bertz CT molecular complexity index is 426. The summed E-state index contributed by atoms with van der Waals surface area (Å²) in [5.41, 5.74) is 6.63. The molecule has 0 aliphatic heterocycles. The van der Waals surface area contributed by atoms with Crippen LogP contribution in [0.3, 0.4) is 0 Å². The van der Waals surface area contributed by atoms with Crippen molar-refractivity contribution < 1.29 is 14.3 Å². The predicted molar refractivity (Wildman–Crippen MR) is 63.4 cm³/mol. The summed E-state index contributed by atoms with van der Waals surface area (Å²) in [6.45, 7) is 0.316. The Labute approximate surface area is 99.9 Å². The molecule has 0 unspecified atom stereocenters. The van der Waals surface area contributed by atoms with Crippen molar-refractivity contribution in [3.63, 3.8) is 0 Å². The van der Waals surface area contributed by atoms with E-state index >= 15 is 0 Å². The minimum atomic E-state index is -0.337. The van der Waals surface area contributed by atoms with Gasteiger partial charge in [-0.25, -0.2) is 0 Å². The zero-order chi connectivity index (χ0) is 13.0. The summed E-state index contributed by atoms with van der Waals surface area (Å²) in [5.74, 6) is -0.510. The monoisotopic (exact) mass is 239 g/mol. The van der Waals surface area contributed by atoms with Gasteiger partial charge in [0.25, 0.3) is 5.91 Å². The number of carbonyl (C=O) groups is 2. The number of rotatable bonds is 4. The number of esters is 1. The molecule has 1 amide bonds. The molecule has 0 bridgehead atoms. The SMILES string of the molecule is COC(=O)CCN(C)C(=O)c1cc(N)cn1C. The smallest absolute Gasteiger partial charge is 0.307 e. The van der Waals surface area contributed by atoms with Crippen LogP contribution < -0.4 is 5.73 Å². The summed E-state index contributed by atoms with van der Waals surface area (Å²) in [5, 5.41) is 0. The van der Waals surface area contributed by atoms with Crippen LogP contribution in [0.25, 0.3) is 0 Å². The van der Waals surface area contributed by atoms with Gasteiger partial charge in [-0.15, -0.1) is 0 Å². The standard InChI is InChI=1S/C11H17N3O3/c1-13(5-4-10(15)17-3)11(16)9-6-8(12)7-14(9)2/h6-7H,4-5,12H2,1-3H3. The van der Waals surface area contributed by atoms with E-state index in [9.17, 15) is 9.59 Å². The highest BCUT2D eigenvalue weighted by molar-refractivity contribution is 5.93. The second-order valence-corrected chi connectivity index (χ2v) is 3.82. The average Bonchev–Trinajstić information content (AvgIpc) is 2.63. The van der Waals surface area contributed by atoms with Gasteiger partial charge in [0.15, 0.2) is 0 Å². The number of hydrogen-bond donors (Lipinski definition) is 1. The maximum Gasteiger partial charge on any atom is 0.307 e. The fourth-order valence-corrected chi connectivity index (χ4v) is 1.46. The second-order valence-electron chi connectivity index (χ2n) is 3.82. The molecule has 1 heterocycles. The Morgan fingerprint density at radius 3 is 2.65 bits per heavy atom. The maximum absolute atomic E-state index is 12.0. The van der Waals surface area contributed by atoms with Crippen molar-refractivity contribution in [1.82, 2.24) is 9.47 Å². The Kier molecular flexibility index (Phi) is 4.14. The third-order valence-electron chi connectivity index (χ3n) is 2.47. The number of amides is 1. The lowest BCUT2D eigenvalue weighted by Gasteiger charge is -2.16. The highest BCUT2D eigenvalue weighted by Crippen LogP contribution is 2.11. The largest absolute Gasteiger partial charge is 0.469 e. The first-order chi connectivity index (χ1) is 7.95. The van der Waals surface area contributed by atoms with Gasteiger partial charge in [-0.05, 0) is 6.07 Å². The number of nitrogens with two attached hydrogens (primary N) is 1. The highest BCUT2D eigenvalue weighted by atomic mass is 16.5. The van der Waals surface area contributed by atoms with Crippen LogP contribution in [0.4, 0.5) is 5.69 Å². The normalized spacial score (nSPS) is 10.1. The van der Waals surface area contributed by atoms with E-state index in [4.69, 9.17) is 5.73 Å². The average molecular weight is 239 g/mol. The van der Waals surface area contributed by atoms with E-state index in [-0.39, 0.29) is 18.3 Å². The molecule has 17 heavy (non-hydrogen) atoms. The van der Waals surface area contributed by atoms with E-state index in [0.717, 1.165) is 0 Å². The van der Waals surface area contributed by atoms with Gasteiger partial charge in [-0.1, -0.05) is 0 Å². The summed E-state index contributed by atoms with van der Waals surface area (Å²) in [7, 11) is 4.70. The van der Waals surface area contributed by atoms with E-state index in [1.165, 1.54) is 12.0 Å². The molecular weight excluding hydrogens is 222 g/mol. The van der Waals surface area contributed by atoms with Crippen molar-refractivity contribution in [3.8, 4) is 0 Å². The Hall–Kier alpha value is -1.98. The predicted octanol–water partition coefficient (Wildman–Crippen LogP) is 0.242. The van der Waals surface area contributed by atoms with Crippen LogP contribution >= 0.6 is 0 Å². The van der Waals surface area contributed by atoms with Crippen LogP contribution in [0.5, 0.6) is 0 Å². The van der Waals surface area contributed by atoms with E-state index in [0.29, 0.717) is 17.9 Å². The van der Waals surface area contributed by atoms with Crippen molar-refractivity contribution in [2.24, 2.45) is 7.05 Å². The van der Waals surface area contributed by atoms with E-state index in [1.807, 2.05) is 0 Å². The first-order valence-electron chi connectivity index (χ1n) is 5.19. The van der Waals surface area contributed by atoms with Gasteiger partial charge in [-0.3, -0.25) is 9.59 Å². The molecule has 0 aromatic carbocycles. The van der Waals surface area contributed by atoms with E-state index < -0.39 is 0 Å². The lowest BCUT2D eigenvalue weighted by molar-refractivity contribution is -0.140. The molecule has 94 valence electrons. The molecule has 0 aliphatic carbocycles. The zero-order valence-electron chi connectivity index (χ0n) is 10.3. The molecule has 0 atom stereocenters. The number of anilines is 1. The van der Waals surface area contributed by atoms with Crippen LogP contribution in [0.1, 0.15) is 16.9 Å². The number of nitrogens with zero attached hydrogens (tertiary/aromatic N) is 2. The molecule has 1 rings (SSSR count). The topological polar surface area (TPSA) is 77.6 Å². The van der Waals surface area contributed by atoms with E-state index in [1.54, 1.807) is 30.9 Å². The van der Waals surface area contributed by atoms with Gasteiger partial charge in [-0.2, -0.15) is 0 Å². The van der Waals surface area contributed by atoms with Crippen LogP contribution in [-0.2, 0) is 16.6 Å². The fourth-order valence-electron chi connectivity index (χ4n) is 1.46. The van der Waals surface area contributed by atoms with Gasteiger partial charge >= 0.3 is 5.97 Å². The lowest BCUT2D eigenvalue weighted by Crippen LogP contribution is -2.30. The van der Waals surface area contributed by atoms with Crippen LogP contribution in [0, 0.1) is 0 Å². The van der Waals surface area contributed by atoms with E-state index in [2.05, 4.69) is 4.74 Å². The molecule has 0 spiro atoms. The van der Waals surface area contributed by atoms with Gasteiger partial charge < -0.3 is 19.9 Å². The number of aryl methyl sites for hydroxylation is 1. The molecule has 1 aromatic rings. The van der Waals surface area contributed by atoms with Gasteiger partial charge in [0, 0.05) is 26.8 Å². The molecule has 2 N–H and O–H groups in total. The van der Waals surface area contributed by atoms with Crippen molar-refractivity contribution in [3.05, 3.63) is 18.0 Å². The minimum Gasteiger partial charge on any atom is -0.469 e. The van der Waals surface area contributed by atoms with Crippen molar-refractivity contribution >= 4 is 17.6 Å². The van der Waals surface area contributed by atoms with Crippen LogP contribution in [0.2, 0.25) is 0 Å². The third-order valence-corrected chi connectivity index (χ3v) is 2.47. The van der Waals surface area contributed by atoms with Gasteiger partial charge in [0.05, 0.1) is 19.2 Å². The molecular formula is C11H17N3O3. The van der Waals surface area contributed by atoms with Crippen molar-refractivity contribution in [2.45, 2.75) is 6.42 Å². The van der Waals surface area contributed by atoms with Crippen LogP contribution in [0.15, 0.2) is 12.3 Å². The summed E-state index contributed by atoms with van der Waals surface area (Å²) in [6.07, 6.45) is 1.85. The number of methoxy groups -OCH3 is 1. The molecule has 1 aromatic heterocycles. The number of hydrogen-bond acceptors (Lipinski definition) is 4. The Balaban J connectivity index is 2.64. The maximum atomic E-state index is 12.0. The quantitative estimate of drug-likeness (QED) is 0.764. The first kappa shape index (κ1) is 13.1. The highest BCUT2D eigenvalue weighted by Gasteiger charge is 2.16. The molecule has 0 fully saturated rings. The first-order valence-corrected chi connectivity index (χ1v) is 5.19. The lowest BCUT2D eigenvalue weighted by atomic mass is 10.3. The number of carbonyl (C=O) groups excluding carboxylic acids is 2. The number of aromatic nitrogens is 1.